The summed E-state index contributed by atoms with van der Waals surface area (Å²) in [7, 11) is 0. The summed E-state index contributed by atoms with van der Waals surface area (Å²) in [6.45, 7) is 4.27. The predicted octanol–water partition coefficient (Wildman–Crippen LogP) is -3.61. The van der Waals surface area contributed by atoms with Gasteiger partial charge in [-0.15, -0.1) is 0 Å². The molecule has 10 heteroatoms. The second-order valence-electron chi connectivity index (χ2n) is 6.28. The topological polar surface area (TPSA) is 174 Å². The highest BCUT2D eigenvalue weighted by Crippen LogP contribution is 2.20. The van der Waals surface area contributed by atoms with Crippen LogP contribution >= 0.6 is 0 Å². The Hall–Kier alpha value is -1.30. The Bertz CT molecular complexity index is 446. The third kappa shape index (κ3) is 4.85. The van der Waals surface area contributed by atoms with Crippen molar-refractivity contribution in [3.05, 3.63) is 0 Å². The van der Waals surface area contributed by atoms with Crippen LogP contribution in [0.25, 0.3) is 0 Å². The molecule has 1 rings (SSSR count). The van der Waals surface area contributed by atoms with Crippen LogP contribution in [0.4, 0.5) is 0 Å². The predicted molar refractivity (Wildman–Crippen MR) is 82.3 cm³/mol. The van der Waals surface area contributed by atoms with Crippen LogP contribution in [0, 0.1) is 5.92 Å². The number of carbonyl (C=O) groups excluding carboxylic acids is 2. The summed E-state index contributed by atoms with van der Waals surface area (Å²) in [5.41, 5.74) is 5.46. The molecule has 7 atom stereocenters. The fraction of sp³-hybridized carbons (Fsp3) is 0.857. The van der Waals surface area contributed by atoms with Crippen molar-refractivity contribution in [2.75, 3.05) is 6.61 Å². The van der Waals surface area contributed by atoms with Crippen molar-refractivity contribution in [2.45, 2.75) is 63.5 Å². The fourth-order valence-corrected chi connectivity index (χ4v) is 2.33. The van der Waals surface area contributed by atoms with E-state index >= 15 is 0 Å². The quantitative estimate of drug-likeness (QED) is 0.257. The van der Waals surface area contributed by atoms with Crippen molar-refractivity contribution in [2.24, 2.45) is 11.7 Å². The van der Waals surface area contributed by atoms with Gasteiger partial charge in [0, 0.05) is 0 Å². The third-order valence-corrected chi connectivity index (χ3v) is 3.87. The van der Waals surface area contributed by atoms with E-state index in [1.807, 2.05) is 0 Å². The lowest BCUT2D eigenvalue weighted by Gasteiger charge is -2.40. The lowest BCUT2D eigenvalue weighted by Crippen LogP contribution is -2.66. The average Bonchev–Trinajstić information content (AvgIpc) is 2.51. The minimum atomic E-state index is -1.62. The zero-order valence-electron chi connectivity index (χ0n) is 13.9. The van der Waals surface area contributed by atoms with Gasteiger partial charge in [0.15, 0.2) is 6.29 Å². The smallest absolute Gasteiger partial charge is 0.243 e. The van der Waals surface area contributed by atoms with Gasteiger partial charge < -0.3 is 41.5 Å². The first-order valence-electron chi connectivity index (χ1n) is 7.77. The van der Waals surface area contributed by atoms with Crippen molar-refractivity contribution < 1.29 is 34.8 Å². The van der Waals surface area contributed by atoms with Gasteiger partial charge in [0.1, 0.15) is 30.4 Å². The van der Waals surface area contributed by atoms with Crippen molar-refractivity contribution >= 4 is 11.8 Å². The number of carbonyl (C=O) groups is 2. The number of ether oxygens (including phenoxy) is 1. The van der Waals surface area contributed by atoms with Crippen LogP contribution < -0.4 is 16.4 Å². The van der Waals surface area contributed by atoms with Gasteiger partial charge in [-0.1, -0.05) is 13.8 Å². The molecule has 0 saturated carbocycles. The Morgan fingerprint density at radius 3 is 2.17 bits per heavy atom. The molecule has 0 aromatic carbocycles. The molecule has 2 amide bonds. The van der Waals surface area contributed by atoms with Gasteiger partial charge in [-0.2, -0.15) is 0 Å². The van der Waals surface area contributed by atoms with E-state index in [9.17, 15) is 24.9 Å². The molecule has 1 aliphatic heterocycles. The maximum atomic E-state index is 12.4. The van der Waals surface area contributed by atoms with Gasteiger partial charge >= 0.3 is 0 Å². The molecule has 0 spiro atoms. The molecule has 0 aromatic heterocycles. The van der Waals surface area contributed by atoms with E-state index in [0.29, 0.717) is 0 Å². The molecule has 1 saturated heterocycles. The number of aliphatic hydroxyl groups is 4. The van der Waals surface area contributed by atoms with Gasteiger partial charge in [0.05, 0.1) is 12.6 Å². The summed E-state index contributed by atoms with van der Waals surface area (Å²) in [6.07, 6.45) is -5.82. The summed E-state index contributed by atoms with van der Waals surface area (Å²) in [4.78, 5) is 24.1. The van der Waals surface area contributed by atoms with Gasteiger partial charge in [-0.3, -0.25) is 9.59 Å². The van der Waals surface area contributed by atoms with Crippen LogP contribution in [0.15, 0.2) is 0 Å². The molecule has 0 aliphatic carbocycles. The molecular formula is C14H27N3O7. The summed E-state index contributed by atoms with van der Waals surface area (Å²) in [5, 5.41) is 43.6. The normalized spacial score (nSPS) is 33.0. The van der Waals surface area contributed by atoms with E-state index in [1.165, 1.54) is 6.92 Å². The second-order valence-corrected chi connectivity index (χ2v) is 6.28. The van der Waals surface area contributed by atoms with Gasteiger partial charge in [0.2, 0.25) is 11.8 Å². The summed E-state index contributed by atoms with van der Waals surface area (Å²) in [5.74, 6) is -1.48. The van der Waals surface area contributed by atoms with E-state index in [1.54, 1.807) is 13.8 Å². The van der Waals surface area contributed by atoms with E-state index in [0.717, 1.165) is 0 Å². The molecule has 1 aliphatic rings. The molecule has 0 bridgehead atoms. The minimum absolute atomic E-state index is 0.290. The maximum Gasteiger partial charge on any atom is 0.243 e. The van der Waals surface area contributed by atoms with Crippen molar-refractivity contribution in [3.63, 3.8) is 0 Å². The maximum absolute atomic E-state index is 12.4. The monoisotopic (exact) mass is 349 g/mol. The molecule has 24 heavy (non-hydrogen) atoms. The number of hydrogen-bond donors (Lipinski definition) is 7. The Morgan fingerprint density at radius 2 is 1.71 bits per heavy atom. The summed E-state index contributed by atoms with van der Waals surface area (Å²) < 4.78 is 4.96. The Labute approximate surface area is 140 Å². The lowest BCUT2D eigenvalue weighted by atomic mass is 9.95. The Morgan fingerprint density at radius 1 is 1.12 bits per heavy atom. The second kappa shape index (κ2) is 8.70. The number of amides is 2. The zero-order valence-corrected chi connectivity index (χ0v) is 13.9. The minimum Gasteiger partial charge on any atom is -0.394 e. The van der Waals surface area contributed by atoms with Crippen molar-refractivity contribution in [1.82, 2.24) is 10.6 Å². The van der Waals surface area contributed by atoms with Crippen LogP contribution in [-0.2, 0) is 14.3 Å². The van der Waals surface area contributed by atoms with Crippen molar-refractivity contribution in [3.8, 4) is 0 Å². The van der Waals surface area contributed by atoms with Crippen LogP contribution in [0.5, 0.6) is 0 Å². The van der Waals surface area contributed by atoms with Gasteiger partial charge in [-0.25, -0.2) is 0 Å². The molecule has 0 aromatic rings. The van der Waals surface area contributed by atoms with Crippen LogP contribution in [0.2, 0.25) is 0 Å². The Balaban J connectivity index is 2.81. The molecule has 8 N–H and O–H groups in total. The summed E-state index contributed by atoms with van der Waals surface area (Å²) in [6, 6.07) is -3.07. The van der Waals surface area contributed by atoms with Crippen LogP contribution in [-0.4, -0.2) is 81.6 Å². The molecule has 140 valence electrons. The fourth-order valence-electron chi connectivity index (χ4n) is 2.33. The van der Waals surface area contributed by atoms with E-state index in [2.05, 4.69) is 10.6 Å². The summed E-state index contributed by atoms with van der Waals surface area (Å²) >= 11 is 0. The number of nitrogens with one attached hydrogen (secondary N) is 2. The molecular weight excluding hydrogens is 322 g/mol. The van der Waals surface area contributed by atoms with Crippen molar-refractivity contribution in [1.29, 1.82) is 0 Å². The number of rotatable bonds is 6. The Kier molecular flexibility index (Phi) is 7.52. The molecule has 7 unspecified atom stereocenters. The first-order chi connectivity index (χ1) is 11.1. The highest BCUT2D eigenvalue weighted by atomic mass is 16.6. The number of nitrogens with two attached hydrogens (primary N) is 1. The average molecular weight is 349 g/mol. The highest BCUT2D eigenvalue weighted by molar-refractivity contribution is 5.89. The molecule has 0 radical (unpaired) electrons. The molecule has 1 fully saturated rings. The largest absolute Gasteiger partial charge is 0.394 e. The lowest BCUT2D eigenvalue weighted by molar-refractivity contribution is -0.254. The van der Waals surface area contributed by atoms with Gasteiger partial charge in [-0.05, 0) is 12.8 Å². The molecule has 1 heterocycles. The number of aliphatic hydroxyl groups excluding tert-OH is 4. The first kappa shape index (κ1) is 20.7. The third-order valence-electron chi connectivity index (χ3n) is 3.87. The van der Waals surface area contributed by atoms with E-state index in [-0.39, 0.29) is 5.92 Å². The number of hydrogen-bond acceptors (Lipinski definition) is 8. The van der Waals surface area contributed by atoms with Crippen LogP contribution in [0.3, 0.4) is 0 Å². The molecule has 10 nitrogen and oxygen atoms in total. The van der Waals surface area contributed by atoms with Crippen LogP contribution in [0.1, 0.15) is 20.8 Å². The SMILES string of the molecule is CC(N)C(=O)NC(C(=O)NC1C(O)OC(CO)C(O)C1O)C(C)C. The van der Waals surface area contributed by atoms with E-state index in [4.69, 9.17) is 15.6 Å². The first-order valence-corrected chi connectivity index (χ1v) is 7.77. The zero-order chi connectivity index (χ0) is 18.6. The van der Waals surface area contributed by atoms with Gasteiger partial charge in [0.25, 0.3) is 0 Å². The van der Waals surface area contributed by atoms with E-state index < -0.39 is 61.1 Å². The highest BCUT2D eigenvalue weighted by Gasteiger charge is 2.45. The standard InChI is InChI=1S/C14H27N3O7/c1-5(2)8(16-12(21)6(3)15)13(22)17-9-11(20)10(19)7(4-18)24-14(9)23/h5-11,14,18-20,23H,4,15H2,1-3H3,(H,16,21)(H,17,22).